The van der Waals surface area contributed by atoms with Crippen LogP contribution >= 0.6 is 0 Å². The van der Waals surface area contributed by atoms with Crippen molar-refractivity contribution < 1.29 is 9.90 Å². The Balaban J connectivity index is 3.13. The summed E-state index contributed by atoms with van der Waals surface area (Å²) < 4.78 is 0. The fourth-order valence-corrected chi connectivity index (χ4v) is 1.23. The largest absolute Gasteiger partial charge is 0.394 e. The molecule has 0 amide bonds. The van der Waals surface area contributed by atoms with Gasteiger partial charge in [0.15, 0.2) is 0 Å². The first-order chi connectivity index (χ1) is 6.19. The maximum atomic E-state index is 10.7. The summed E-state index contributed by atoms with van der Waals surface area (Å²) in [6.45, 7) is 1.76. The van der Waals surface area contributed by atoms with Crippen LogP contribution in [-0.2, 0) is 0 Å². The van der Waals surface area contributed by atoms with Crippen LogP contribution in [-0.4, -0.2) is 18.0 Å². The van der Waals surface area contributed by atoms with Gasteiger partial charge in [-0.15, -0.1) is 0 Å². The monoisotopic (exact) mass is 179 g/mol. The molecule has 1 aromatic rings. The van der Waals surface area contributed by atoms with Gasteiger partial charge < -0.3 is 10.8 Å². The van der Waals surface area contributed by atoms with Crippen LogP contribution in [0, 0.1) is 6.92 Å². The molecule has 0 aliphatic carbocycles. The van der Waals surface area contributed by atoms with Gasteiger partial charge in [-0.1, -0.05) is 17.7 Å². The lowest BCUT2D eigenvalue weighted by Gasteiger charge is -2.11. The fraction of sp³-hybridized carbons (Fsp3) is 0.300. The van der Waals surface area contributed by atoms with Gasteiger partial charge >= 0.3 is 0 Å². The highest BCUT2D eigenvalue weighted by Crippen LogP contribution is 2.15. The minimum atomic E-state index is -0.471. The number of carbonyl (C=O) groups excluding carboxylic acids is 1. The summed E-state index contributed by atoms with van der Waals surface area (Å²) in [5, 5.41) is 8.84. The van der Waals surface area contributed by atoms with E-state index in [9.17, 15) is 4.79 Å². The minimum absolute atomic E-state index is 0.149. The summed E-state index contributed by atoms with van der Waals surface area (Å²) in [5.41, 5.74) is 7.88. The fourth-order valence-electron chi connectivity index (χ4n) is 1.23. The minimum Gasteiger partial charge on any atom is -0.394 e. The summed E-state index contributed by atoms with van der Waals surface area (Å²) in [5.74, 6) is 0. The second-order valence-electron chi connectivity index (χ2n) is 3.04. The third kappa shape index (κ3) is 2.14. The third-order valence-electron chi connectivity index (χ3n) is 1.97. The van der Waals surface area contributed by atoms with Gasteiger partial charge in [0.25, 0.3) is 0 Å². The average Bonchev–Trinajstić information content (AvgIpc) is 2.16. The molecule has 13 heavy (non-hydrogen) atoms. The van der Waals surface area contributed by atoms with Crippen LogP contribution < -0.4 is 5.73 Å². The summed E-state index contributed by atoms with van der Waals surface area (Å²) in [4.78, 5) is 10.7. The Bertz CT molecular complexity index is 310. The van der Waals surface area contributed by atoms with Gasteiger partial charge in [0.05, 0.1) is 12.6 Å². The number of aryl methyl sites for hydroxylation is 1. The standard InChI is InChI=1S/C10H13NO2/c1-7-2-3-9(10(11)6-13)8(4-7)5-12/h2-5,10,13H,6,11H2,1H3. The molecule has 0 aromatic heterocycles. The summed E-state index contributed by atoms with van der Waals surface area (Å²) in [6, 6.07) is 4.94. The Morgan fingerprint density at radius 2 is 2.31 bits per heavy atom. The second-order valence-corrected chi connectivity index (χ2v) is 3.04. The first-order valence-electron chi connectivity index (χ1n) is 4.11. The predicted octanol–water partition coefficient (Wildman–Crippen LogP) is 0.800. The maximum absolute atomic E-state index is 10.7. The van der Waals surface area contributed by atoms with Crippen molar-refractivity contribution in [2.45, 2.75) is 13.0 Å². The van der Waals surface area contributed by atoms with Crippen LogP contribution in [0.1, 0.15) is 27.5 Å². The highest BCUT2D eigenvalue weighted by molar-refractivity contribution is 5.78. The molecule has 70 valence electrons. The Morgan fingerprint density at radius 1 is 1.62 bits per heavy atom. The number of benzene rings is 1. The zero-order valence-corrected chi connectivity index (χ0v) is 7.53. The average molecular weight is 179 g/mol. The van der Waals surface area contributed by atoms with E-state index in [1.54, 1.807) is 12.1 Å². The molecule has 3 N–H and O–H groups in total. The molecule has 0 radical (unpaired) electrons. The summed E-state index contributed by atoms with van der Waals surface area (Å²) in [7, 11) is 0. The molecule has 0 heterocycles. The van der Waals surface area contributed by atoms with Crippen LogP contribution in [0.25, 0.3) is 0 Å². The molecule has 0 aliphatic heterocycles. The van der Waals surface area contributed by atoms with E-state index in [0.717, 1.165) is 11.8 Å². The van der Waals surface area contributed by atoms with Crippen molar-refractivity contribution in [3.63, 3.8) is 0 Å². The highest BCUT2D eigenvalue weighted by Gasteiger charge is 2.09. The van der Waals surface area contributed by atoms with E-state index in [2.05, 4.69) is 0 Å². The summed E-state index contributed by atoms with van der Waals surface area (Å²) >= 11 is 0. The quantitative estimate of drug-likeness (QED) is 0.674. The molecular formula is C10H13NO2. The summed E-state index contributed by atoms with van der Waals surface area (Å²) in [6.07, 6.45) is 0.762. The van der Waals surface area contributed by atoms with Gasteiger partial charge in [-0.25, -0.2) is 0 Å². The molecule has 0 aliphatic rings. The molecule has 1 rings (SSSR count). The molecule has 0 fully saturated rings. The zero-order valence-electron chi connectivity index (χ0n) is 7.53. The number of hydrogen-bond acceptors (Lipinski definition) is 3. The number of hydrogen-bond donors (Lipinski definition) is 2. The Labute approximate surface area is 77.2 Å². The SMILES string of the molecule is Cc1ccc(C(N)CO)c(C=O)c1. The van der Waals surface area contributed by atoms with Crippen molar-refractivity contribution in [1.29, 1.82) is 0 Å². The van der Waals surface area contributed by atoms with E-state index < -0.39 is 6.04 Å². The molecule has 1 atom stereocenters. The topological polar surface area (TPSA) is 63.3 Å². The van der Waals surface area contributed by atoms with Crippen molar-refractivity contribution in [2.75, 3.05) is 6.61 Å². The van der Waals surface area contributed by atoms with Crippen molar-refractivity contribution in [1.82, 2.24) is 0 Å². The Kier molecular flexibility index (Phi) is 3.17. The van der Waals surface area contributed by atoms with Crippen molar-refractivity contribution in [3.8, 4) is 0 Å². The van der Waals surface area contributed by atoms with Crippen LogP contribution in [0.3, 0.4) is 0 Å². The Hall–Kier alpha value is -1.19. The smallest absolute Gasteiger partial charge is 0.150 e. The molecule has 1 unspecified atom stereocenters. The van der Waals surface area contributed by atoms with Gasteiger partial charge in [0.1, 0.15) is 6.29 Å². The normalized spacial score (nSPS) is 12.5. The van der Waals surface area contributed by atoms with E-state index in [0.29, 0.717) is 11.1 Å². The van der Waals surface area contributed by atoms with Gasteiger partial charge in [-0.05, 0) is 18.6 Å². The van der Waals surface area contributed by atoms with Crippen molar-refractivity contribution >= 4 is 6.29 Å². The number of rotatable bonds is 3. The van der Waals surface area contributed by atoms with E-state index >= 15 is 0 Å². The van der Waals surface area contributed by atoms with Gasteiger partial charge in [-0.2, -0.15) is 0 Å². The molecule has 3 heteroatoms. The van der Waals surface area contributed by atoms with Gasteiger partial charge in [0, 0.05) is 5.56 Å². The number of aliphatic hydroxyl groups is 1. The lowest BCUT2D eigenvalue weighted by Crippen LogP contribution is -2.16. The van der Waals surface area contributed by atoms with Gasteiger partial charge in [0.2, 0.25) is 0 Å². The van der Waals surface area contributed by atoms with E-state index in [1.165, 1.54) is 0 Å². The number of aliphatic hydroxyl groups excluding tert-OH is 1. The zero-order chi connectivity index (χ0) is 9.84. The highest BCUT2D eigenvalue weighted by atomic mass is 16.3. The molecule has 0 saturated heterocycles. The lowest BCUT2D eigenvalue weighted by atomic mass is 10.00. The number of carbonyl (C=O) groups is 1. The van der Waals surface area contributed by atoms with Gasteiger partial charge in [-0.3, -0.25) is 4.79 Å². The Morgan fingerprint density at radius 3 is 2.85 bits per heavy atom. The van der Waals surface area contributed by atoms with E-state index in [1.807, 2.05) is 13.0 Å². The number of aldehydes is 1. The van der Waals surface area contributed by atoms with Crippen molar-refractivity contribution in [2.24, 2.45) is 5.73 Å². The van der Waals surface area contributed by atoms with Crippen LogP contribution in [0.4, 0.5) is 0 Å². The van der Waals surface area contributed by atoms with E-state index in [4.69, 9.17) is 10.8 Å². The van der Waals surface area contributed by atoms with Crippen LogP contribution in [0.2, 0.25) is 0 Å². The first kappa shape index (κ1) is 9.89. The predicted molar refractivity (Wildman–Crippen MR) is 50.6 cm³/mol. The molecule has 1 aromatic carbocycles. The second kappa shape index (κ2) is 4.16. The molecule has 3 nitrogen and oxygen atoms in total. The van der Waals surface area contributed by atoms with Crippen molar-refractivity contribution in [3.05, 3.63) is 34.9 Å². The molecular weight excluding hydrogens is 166 g/mol. The molecule has 0 saturated carbocycles. The third-order valence-corrected chi connectivity index (χ3v) is 1.97. The molecule has 0 spiro atoms. The van der Waals surface area contributed by atoms with E-state index in [-0.39, 0.29) is 6.61 Å². The van der Waals surface area contributed by atoms with Crippen LogP contribution in [0.15, 0.2) is 18.2 Å². The lowest BCUT2D eigenvalue weighted by molar-refractivity contribution is 0.112. The van der Waals surface area contributed by atoms with Crippen LogP contribution in [0.5, 0.6) is 0 Å². The molecule has 0 bridgehead atoms. The number of nitrogens with two attached hydrogens (primary N) is 1. The maximum Gasteiger partial charge on any atom is 0.150 e. The first-order valence-corrected chi connectivity index (χ1v) is 4.11.